The second kappa shape index (κ2) is 5.36. The molecule has 98 valence electrons. The molecule has 2 fully saturated rings. The average Bonchev–Trinajstić information content (AvgIpc) is 2.88. The molecule has 0 aromatic heterocycles. The van der Waals surface area contributed by atoms with Gasteiger partial charge in [-0.15, -0.1) is 0 Å². The number of carbonyl (C=O) groups is 1. The number of aliphatic hydroxyl groups is 1. The Labute approximate surface area is 103 Å². The summed E-state index contributed by atoms with van der Waals surface area (Å²) in [4.78, 5) is 13.9. The molecule has 1 heterocycles. The van der Waals surface area contributed by atoms with Crippen LogP contribution in [0, 0.1) is 11.8 Å². The van der Waals surface area contributed by atoms with Crippen molar-refractivity contribution in [1.29, 1.82) is 0 Å². The Morgan fingerprint density at radius 2 is 2.24 bits per heavy atom. The number of amides is 1. The van der Waals surface area contributed by atoms with E-state index in [9.17, 15) is 9.90 Å². The molecule has 0 aromatic carbocycles. The molecule has 0 bridgehead atoms. The molecule has 1 saturated heterocycles. The summed E-state index contributed by atoms with van der Waals surface area (Å²) >= 11 is 0. The van der Waals surface area contributed by atoms with Gasteiger partial charge in [-0.3, -0.25) is 4.79 Å². The third-order valence-corrected chi connectivity index (χ3v) is 4.34. The lowest BCUT2D eigenvalue weighted by Crippen LogP contribution is -2.31. The van der Waals surface area contributed by atoms with Crippen molar-refractivity contribution in [2.75, 3.05) is 20.2 Å². The number of nitrogens with zero attached hydrogens (tertiary/aromatic N) is 1. The van der Waals surface area contributed by atoms with Crippen molar-refractivity contribution < 1.29 is 14.6 Å². The smallest absolute Gasteiger partial charge is 0.222 e. The molecule has 2 rings (SSSR count). The van der Waals surface area contributed by atoms with Gasteiger partial charge in [-0.1, -0.05) is 0 Å². The zero-order chi connectivity index (χ0) is 12.4. The summed E-state index contributed by atoms with van der Waals surface area (Å²) in [6.45, 7) is 3.59. The lowest BCUT2D eigenvalue weighted by atomic mass is 10.00. The van der Waals surface area contributed by atoms with Crippen LogP contribution in [0.15, 0.2) is 0 Å². The topological polar surface area (TPSA) is 49.8 Å². The third kappa shape index (κ3) is 2.80. The Kier molecular flexibility index (Phi) is 4.05. The zero-order valence-corrected chi connectivity index (χ0v) is 10.8. The fraction of sp³-hybridized carbons (Fsp3) is 0.923. The SMILES string of the molecule is COC(C)CCC(=O)N1CC2CCC(O)C2C1. The standard InChI is InChI=1S/C13H23NO3/c1-9(17-2)3-6-13(16)14-7-10-4-5-12(15)11(10)8-14/h9-12,15H,3-8H2,1-2H3. The van der Waals surface area contributed by atoms with Crippen LogP contribution in [0.1, 0.15) is 32.6 Å². The summed E-state index contributed by atoms with van der Waals surface area (Å²) in [7, 11) is 1.67. The molecule has 17 heavy (non-hydrogen) atoms. The zero-order valence-electron chi connectivity index (χ0n) is 10.8. The van der Waals surface area contributed by atoms with Gasteiger partial charge in [0.1, 0.15) is 0 Å². The first-order valence-corrected chi connectivity index (χ1v) is 6.60. The molecule has 0 spiro atoms. The summed E-state index contributed by atoms with van der Waals surface area (Å²) in [5.41, 5.74) is 0. The van der Waals surface area contributed by atoms with E-state index in [-0.39, 0.29) is 18.1 Å². The predicted octanol–water partition coefficient (Wildman–Crippen LogP) is 1.03. The maximum atomic E-state index is 12.0. The van der Waals surface area contributed by atoms with Crippen LogP contribution in [0.5, 0.6) is 0 Å². The quantitative estimate of drug-likeness (QED) is 0.800. The monoisotopic (exact) mass is 241 g/mol. The summed E-state index contributed by atoms with van der Waals surface area (Å²) < 4.78 is 5.14. The molecule has 1 amide bonds. The van der Waals surface area contributed by atoms with Gasteiger partial charge < -0.3 is 14.7 Å². The molecule has 0 radical (unpaired) electrons. The minimum atomic E-state index is -0.185. The van der Waals surface area contributed by atoms with E-state index < -0.39 is 0 Å². The van der Waals surface area contributed by atoms with Crippen LogP contribution >= 0.6 is 0 Å². The number of hydrogen-bond acceptors (Lipinski definition) is 3. The van der Waals surface area contributed by atoms with Gasteiger partial charge in [-0.05, 0) is 32.1 Å². The Morgan fingerprint density at radius 1 is 1.47 bits per heavy atom. The first-order valence-electron chi connectivity index (χ1n) is 6.60. The molecule has 2 aliphatic rings. The van der Waals surface area contributed by atoms with Crippen LogP contribution in [0.3, 0.4) is 0 Å². The first kappa shape index (κ1) is 12.8. The van der Waals surface area contributed by atoms with Crippen molar-refractivity contribution in [2.45, 2.75) is 44.8 Å². The average molecular weight is 241 g/mol. The fourth-order valence-corrected chi connectivity index (χ4v) is 3.04. The molecule has 1 saturated carbocycles. The maximum Gasteiger partial charge on any atom is 0.222 e. The molecule has 1 aliphatic heterocycles. The minimum absolute atomic E-state index is 0.145. The number of carbonyl (C=O) groups excluding carboxylic acids is 1. The number of fused-ring (bicyclic) bond motifs is 1. The number of likely N-dealkylation sites (tertiary alicyclic amines) is 1. The highest BCUT2D eigenvalue weighted by Crippen LogP contribution is 2.38. The second-order valence-electron chi connectivity index (χ2n) is 5.45. The van der Waals surface area contributed by atoms with Crippen LogP contribution in [-0.2, 0) is 9.53 Å². The minimum Gasteiger partial charge on any atom is -0.393 e. The highest BCUT2D eigenvalue weighted by atomic mass is 16.5. The van der Waals surface area contributed by atoms with Gasteiger partial charge in [-0.2, -0.15) is 0 Å². The van der Waals surface area contributed by atoms with Crippen molar-refractivity contribution in [3.05, 3.63) is 0 Å². The molecular formula is C13H23NO3. The van der Waals surface area contributed by atoms with Gasteiger partial charge in [0.15, 0.2) is 0 Å². The first-order chi connectivity index (χ1) is 8.11. The van der Waals surface area contributed by atoms with Crippen molar-refractivity contribution in [1.82, 2.24) is 4.90 Å². The molecule has 4 unspecified atom stereocenters. The molecule has 1 aliphatic carbocycles. The summed E-state index contributed by atoms with van der Waals surface area (Å²) in [6, 6.07) is 0. The van der Waals surface area contributed by atoms with E-state index in [1.807, 2.05) is 11.8 Å². The number of rotatable bonds is 4. The molecular weight excluding hydrogens is 218 g/mol. The fourth-order valence-electron chi connectivity index (χ4n) is 3.04. The molecule has 4 nitrogen and oxygen atoms in total. The van der Waals surface area contributed by atoms with Crippen molar-refractivity contribution in [3.63, 3.8) is 0 Å². The van der Waals surface area contributed by atoms with E-state index in [1.165, 1.54) is 0 Å². The van der Waals surface area contributed by atoms with Crippen LogP contribution in [0.25, 0.3) is 0 Å². The Bertz CT molecular complexity index is 282. The van der Waals surface area contributed by atoms with Crippen LogP contribution in [0.2, 0.25) is 0 Å². The summed E-state index contributed by atoms with van der Waals surface area (Å²) in [5, 5.41) is 9.80. The number of hydrogen-bond donors (Lipinski definition) is 1. The number of ether oxygens (including phenoxy) is 1. The second-order valence-corrected chi connectivity index (χ2v) is 5.45. The van der Waals surface area contributed by atoms with Gasteiger partial charge in [0.25, 0.3) is 0 Å². The molecule has 1 N–H and O–H groups in total. The van der Waals surface area contributed by atoms with Gasteiger partial charge in [0, 0.05) is 32.5 Å². The summed E-state index contributed by atoms with van der Waals surface area (Å²) in [5.74, 6) is 1.09. The molecule has 0 aromatic rings. The Morgan fingerprint density at radius 3 is 2.88 bits per heavy atom. The van der Waals surface area contributed by atoms with Gasteiger partial charge in [0.05, 0.1) is 12.2 Å². The van der Waals surface area contributed by atoms with Gasteiger partial charge in [-0.25, -0.2) is 0 Å². The largest absolute Gasteiger partial charge is 0.393 e. The lowest BCUT2D eigenvalue weighted by molar-refractivity contribution is -0.131. The number of aliphatic hydroxyl groups excluding tert-OH is 1. The molecule has 4 atom stereocenters. The highest BCUT2D eigenvalue weighted by molar-refractivity contribution is 5.76. The van der Waals surface area contributed by atoms with Crippen LogP contribution < -0.4 is 0 Å². The van der Waals surface area contributed by atoms with Gasteiger partial charge >= 0.3 is 0 Å². The number of methoxy groups -OCH3 is 1. The van der Waals surface area contributed by atoms with E-state index in [1.54, 1.807) is 7.11 Å². The normalized spacial score (nSPS) is 33.8. The third-order valence-electron chi connectivity index (χ3n) is 4.34. The van der Waals surface area contributed by atoms with Gasteiger partial charge in [0.2, 0.25) is 5.91 Å². The van der Waals surface area contributed by atoms with Crippen molar-refractivity contribution in [3.8, 4) is 0 Å². The summed E-state index contributed by atoms with van der Waals surface area (Å²) in [6.07, 6.45) is 3.29. The van der Waals surface area contributed by atoms with E-state index >= 15 is 0 Å². The van der Waals surface area contributed by atoms with E-state index in [2.05, 4.69) is 0 Å². The van der Waals surface area contributed by atoms with E-state index in [0.717, 1.165) is 32.4 Å². The lowest BCUT2D eigenvalue weighted by Gasteiger charge is -2.19. The van der Waals surface area contributed by atoms with Crippen molar-refractivity contribution >= 4 is 5.91 Å². The van der Waals surface area contributed by atoms with Crippen LogP contribution in [0.4, 0.5) is 0 Å². The van der Waals surface area contributed by atoms with E-state index in [4.69, 9.17) is 4.74 Å². The maximum absolute atomic E-state index is 12.0. The predicted molar refractivity (Wildman–Crippen MR) is 64.5 cm³/mol. The molecule has 4 heteroatoms. The van der Waals surface area contributed by atoms with E-state index in [0.29, 0.717) is 18.3 Å². The van der Waals surface area contributed by atoms with Crippen molar-refractivity contribution in [2.24, 2.45) is 11.8 Å². The van der Waals surface area contributed by atoms with Crippen LogP contribution in [-0.4, -0.2) is 48.3 Å². The highest BCUT2D eigenvalue weighted by Gasteiger charge is 2.42. The Balaban J connectivity index is 1.78. The Hall–Kier alpha value is -0.610.